The Morgan fingerprint density at radius 2 is 1.77 bits per heavy atom. The Balaban J connectivity index is 1.84. The van der Waals surface area contributed by atoms with Gasteiger partial charge >= 0.3 is 5.97 Å². The van der Waals surface area contributed by atoms with E-state index in [0.717, 1.165) is 16.7 Å². The number of β-lactam (4-membered cyclic amide) rings is 1. The van der Waals surface area contributed by atoms with Gasteiger partial charge in [-0.3, -0.25) is 9.59 Å². The maximum absolute atomic E-state index is 12.2. The minimum absolute atomic E-state index is 0.168. The van der Waals surface area contributed by atoms with Gasteiger partial charge in [0, 0.05) is 19.5 Å². The molecule has 1 heterocycles. The van der Waals surface area contributed by atoms with Gasteiger partial charge < -0.3 is 19.1 Å². The third kappa shape index (κ3) is 3.64. The second-order valence-corrected chi connectivity index (χ2v) is 6.08. The first-order valence-corrected chi connectivity index (χ1v) is 8.29. The van der Waals surface area contributed by atoms with Crippen molar-refractivity contribution in [3.8, 4) is 22.6 Å². The molecule has 0 aromatic heterocycles. The minimum Gasteiger partial charge on any atom is -0.497 e. The lowest BCUT2D eigenvalue weighted by Crippen LogP contribution is -2.57. The Hall–Kier alpha value is -3.02. The average Bonchev–Trinajstić information content (AvgIpc) is 2.66. The number of hydrogen-bond donors (Lipinski definition) is 0. The number of rotatable bonds is 6. The topological polar surface area (TPSA) is 65.1 Å². The van der Waals surface area contributed by atoms with E-state index in [1.54, 1.807) is 19.1 Å². The monoisotopic (exact) mass is 355 g/mol. The lowest BCUT2D eigenvalue weighted by atomic mass is 9.97. The molecule has 0 saturated carbocycles. The van der Waals surface area contributed by atoms with Crippen molar-refractivity contribution in [3.05, 3.63) is 48.0 Å². The molecule has 1 unspecified atom stereocenters. The third-order valence-electron chi connectivity index (χ3n) is 4.32. The summed E-state index contributed by atoms with van der Waals surface area (Å²) in [6, 6.07) is 13.5. The normalized spacial score (nSPS) is 16.0. The van der Waals surface area contributed by atoms with Gasteiger partial charge in [0.15, 0.2) is 6.10 Å². The first-order valence-electron chi connectivity index (χ1n) is 8.29. The Labute approximate surface area is 152 Å². The molecule has 0 bridgehead atoms. The number of esters is 1. The van der Waals surface area contributed by atoms with Gasteiger partial charge in [-0.2, -0.15) is 0 Å². The highest BCUT2D eigenvalue weighted by molar-refractivity contribution is 5.89. The van der Waals surface area contributed by atoms with Crippen molar-refractivity contribution in [3.63, 3.8) is 0 Å². The van der Waals surface area contributed by atoms with Crippen LogP contribution in [0.25, 0.3) is 11.1 Å². The standard InChI is InChI=1S/C20H21NO5/c1-13(22)26-19-12-21(20(19)23)11-14-6-4-5-7-18(14)15-8-16(24-2)10-17(9-15)25-3/h4-10,19H,11-12H2,1-3H3. The molecule has 2 aromatic rings. The van der Waals surface area contributed by atoms with Gasteiger partial charge in [-0.1, -0.05) is 24.3 Å². The number of ether oxygens (including phenoxy) is 3. The van der Waals surface area contributed by atoms with Gasteiger partial charge in [-0.05, 0) is 28.8 Å². The highest BCUT2D eigenvalue weighted by Gasteiger charge is 2.39. The van der Waals surface area contributed by atoms with Crippen LogP contribution in [0, 0.1) is 0 Å². The number of nitrogens with zero attached hydrogens (tertiary/aromatic N) is 1. The number of hydrogen-bond acceptors (Lipinski definition) is 5. The Morgan fingerprint density at radius 1 is 1.12 bits per heavy atom. The number of likely N-dealkylation sites (tertiary alicyclic amines) is 1. The van der Waals surface area contributed by atoms with Crippen LogP contribution in [0.3, 0.4) is 0 Å². The van der Waals surface area contributed by atoms with Gasteiger partial charge in [0.1, 0.15) is 11.5 Å². The number of methoxy groups -OCH3 is 2. The third-order valence-corrected chi connectivity index (χ3v) is 4.32. The molecule has 1 saturated heterocycles. The van der Waals surface area contributed by atoms with E-state index in [4.69, 9.17) is 14.2 Å². The fourth-order valence-electron chi connectivity index (χ4n) is 3.00. The summed E-state index contributed by atoms with van der Waals surface area (Å²) in [5.41, 5.74) is 2.94. The van der Waals surface area contributed by atoms with Crippen molar-refractivity contribution in [2.45, 2.75) is 19.6 Å². The molecule has 1 aliphatic heterocycles. The number of benzene rings is 2. The molecule has 6 nitrogen and oxygen atoms in total. The van der Waals surface area contributed by atoms with Gasteiger partial charge in [0.2, 0.25) is 0 Å². The molecular weight excluding hydrogens is 334 g/mol. The maximum Gasteiger partial charge on any atom is 0.303 e. The van der Waals surface area contributed by atoms with Crippen molar-refractivity contribution < 1.29 is 23.8 Å². The lowest BCUT2D eigenvalue weighted by molar-refractivity contribution is -0.172. The van der Waals surface area contributed by atoms with Crippen molar-refractivity contribution in [2.75, 3.05) is 20.8 Å². The van der Waals surface area contributed by atoms with E-state index in [-0.39, 0.29) is 5.91 Å². The van der Waals surface area contributed by atoms with Crippen LogP contribution < -0.4 is 9.47 Å². The van der Waals surface area contributed by atoms with Crippen LogP contribution in [-0.4, -0.2) is 43.6 Å². The summed E-state index contributed by atoms with van der Waals surface area (Å²) < 4.78 is 15.7. The van der Waals surface area contributed by atoms with Crippen LogP contribution in [0.2, 0.25) is 0 Å². The van der Waals surface area contributed by atoms with Gasteiger partial charge in [-0.15, -0.1) is 0 Å². The van der Waals surface area contributed by atoms with E-state index in [0.29, 0.717) is 24.6 Å². The van der Waals surface area contributed by atoms with E-state index in [9.17, 15) is 9.59 Å². The molecule has 3 rings (SSSR count). The zero-order valence-corrected chi connectivity index (χ0v) is 15.0. The number of amides is 1. The summed E-state index contributed by atoms with van der Waals surface area (Å²) in [6.07, 6.45) is -0.656. The van der Waals surface area contributed by atoms with E-state index in [2.05, 4.69) is 0 Å². The summed E-state index contributed by atoms with van der Waals surface area (Å²) in [5.74, 6) is 0.790. The van der Waals surface area contributed by atoms with Crippen molar-refractivity contribution in [1.29, 1.82) is 0 Å². The van der Waals surface area contributed by atoms with Crippen LogP contribution in [-0.2, 0) is 20.9 Å². The quantitative estimate of drug-likeness (QED) is 0.589. The zero-order chi connectivity index (χ0) is 18.7. The Morgan fingerprint density at radius 3 is 2.35 bits per heavy atom. The maximum atomic E-state index is 12.2. The number of carbonyl (C=O) groups excluding carboxylic acids is 2. The largest absolute Gasteiger partial charge is 0.497 e. The van der Waals surface area contributed by atoms with E-state index >= 15 is 0 Å². The van der Waals surface area contributed by atoms with Crippen LogP contribution in [0.4, 0.5) is 0 Å². The van der Waals surface area contributed by atoms with E-state index < -0.39 is 12.1 Å². The van der Waals surface area contributed by atoms with E-state index in [1.165, 1.54) is 6.92 Å². The fourth-order valence-corrected chi connectivity index (χ4v) is 3.00. The van der Waals surface area contributed by atoms with Crippen LogP contribution >= 0.6 is 0 Å². The molecule has 136 valence electrons. The second kappa shape index (κ2) is 7.47. The predicted molar refractivity (Wildman–Crippen MR) is 96.0 cm³/mol. The van der Waals surface area contributed by atoms with Crippen molar-refractivity contribution >= 4 is 11.9 Å². The molecule has 0 spiro atoms. The molecule has 0 radical (unpaired) electrons. The highest BCUT2D eigenvalue weighted by Crippen LogP contribution is 2.33. The summed E-state index contributed by atoms with van der Waals surface area (Å²) >= 11 is 0. The molecule has 0 aliphatic carbocycles. The number of carbonyl (C=O) groups is 2. The zero-order valence-electron chi connectivity index (χ0n) is 15.0. The molecule has 1 atom stereocenters. The second-order valence-electron chi connectivity index (χ2n) is 6.08. The average molecular weight is 355 g/mol. The molecule has 2 aromatic carbocycles. The predicted octanol–water partition coefficient (Wildman–Crippen LogP) is 2.64. The molecule has 1 fully saturated rings. The van der Waals surface area contributed by atoms with E-state index in [1.807, 2.05) is 42.5 Å². The van der Waals surface area contributed by atoms with Crippen molar-refractivity contribution in [1.82, 2.24) is 4.90 Å². The van der Waals surface area contributed by atoms with Gasteiger partial charge in [0.25, 0.3) is 5.91 Å². The van der Waals surface area contributed by atoms with Crippen LogP contribution in [0.5, 0.6) is 11.5 Å². The Kier molecular flexibility index (Phi) is 5.11. The fraction of sp³-hybridized carbons (Fsp3) is 0.300. The molecule has 0 N–H and O–H groups in total. The first-order chi connectivity index (χ1) is 12.5. The first kappa shape index (κ1) is 17.8. The van der Waals surface area contributed by atoms with Crippen molar-refractivity contribution in [2.24, 2.45) is 0 Å². The van der Waals surface area contributed by atoms with Crippen LogP contribution in [0.15, 0.2) is 42.5 Å². The SMILES string of the molecule is COc1cc(OC)cc(-c2ccccc2CN2CC(OC(C)=O)C2=O)c1. The smallest absolute Gasteiger partial charge is 0.303 e. The highest BCUT2D eigenvalue weighted by atomic mass is 16.6. The minimum atomic E-state index is -0.656. The molecule has 6 heteroatoms. The summed E-state index contributed by atoms with van der Waals surface area (Å²) in [7, 11) is 3.22. The molecule has 1 amide bonds. The summed E-state index contributed by atoms with van der Waals surface area (Å²) in [6.45, 7) is 2.17. The lowest BCUT2D eigenvalue weighted by Gasteiger charge is -2.37. The van der Waals surface area contributed by atoms with Crippen LogP contribution in [0.1, 0.15) is 12.5 Å². The molecule has 26 heavy (non-hydrogen) atoms. The Bertz CT molecular complexity index is 810. The van der Waals surface area contributed by atoms with Gasteiger partial charge in [-0.25, -0.2) is 0 Å². The summed E-state index contributed by atoms with van der Waals surface area (Å²) in [5, 5.41) is 0. The van der Waals surface area contributed by atoms with Gasteiger partial charge in [0.05, 0.1) is 20.8 Å². The molecular formula is C20H21NO5. The molecule has 1 aliphatic rings. The summed E-state index contributed by atoms with van der Waals surface area (Å²) in [4.78, 5) is 24.8.